The summed E-state index contributed by atoms with van der Waals surface area (Å²) in [6.07, 6.45) is 0.134. The Morgan fingerprint density at radius 2 is 1.63 bits per heavy atom. The number of carbonyl (C=O) groups is 1. The average Bonchev–Trinajstić information content (AvgIpc) is 2.27. The smallest absolute Gasteiger partial charge is 0.305 e. The van der Waals surface area contributed by atoms with E-state index in [0.29, 0.717) is 0 Å². The van der Waals surface area contributed by atoms with Crippen molar-refractivity contribution in [3.63, 3.8) is 0 Å². The number of sulfonamides is 2. The lowest BCUT2D eigenvalue weighted by molar-refractivity contribution is -0.140. The van der Waals surface area contributed by atoms with Gasteiger partial charge in [-0.15, -0.1) is 0 Å². The minimum atomic E-state index is -3.57. The van der Waals surface area contributed by atoms with Gasteiger partial charge < -0.3 is 4.74 Å². The summed E-state index contributed by atoms with van der Waals surface area (Å²) in [5.74, 6) is -1.05. The van der Waals surface area contributed by atoms with Crippen LogP contribution in [0.5, 0.6) is 0 Å². The highest BCUT2D eigenvalue weighted by molar-refractivity contribution is 7.90. The number of esters is 1. The number of hydrogen-bond acceptors (Lipinski definition) is 6. The first-order valence-electron chi connectivity index (χ1n) is 5.74. The van der Waals surface area contributed by atoms with Crippen molar-refractivity contribution in [1.82, 2.24) is 9.44 Å². The van der Waals surface area contributed by atoms with Gasteiger partial charge >= 0.3 is 5.97 Å². The second-order valence-corrected chi connectivity index (χ2v) is 7.56. The molecule has 0 aromatic rings. The van der Waals surface area contributed by atoms with Crippen molar-refractivity contribution in [2.45, 2.75) is 19.8 Å². The van der Waals surface area contributed by atoms with E-state index in [1.807, 2.05) is 0 Å². The van der Waals surface area contributed by atoms with E-state index >= 15 is 0 Å². The van der Waals surface area contributed by atoms with Gasteiger partial charge in [0.2, 0.25) is 20.0 Å². The summed E-state index contributed by atoms with van der Waals surface area (Å²) in [5, 5.41) is 0. The van der Waals surface area contributed by atoms with Gasteiger partial charge in [0, 0.05) is 19.5 Å². The van der Waals surface area contributed by atoms with Gasteiger partial charge in [-0.25, -0.2) is 26.3 Å². The SMILES string of the molecule is CCNS(=O)(=O)CCNS(=O)(=O)CCCC(=O)OC. The lowest BCUT2D eigenvalue weighted by Gasteiger charge is -2.07. The molecule has 0 spiro atoms. The van der Waals surface area contributed by atoms with Gasteiger partial charge in [0.05, 0.1) is 18.6 Å². The van der Waals surface area contributed by atoms with Crippen LogP contribution in [0, 0.1) is 0 Å². The Labute approximate surface area is 114 Å². The largest absolute Gasteiger partial charge is 0.469 e. The molecule has 114 valence electrons. The Bertz CT molecular complexity index is 471. The molecule has 0 aromatic carbocycles. The van der Waals surface area contributed by atoms with Crippen LogP contribution >= 0.6 is 0 Å². The zero-order chi connectivity index (χ0) is 14.9. The summed E-state index contributed by atoms with van der Waals surface area (Å²) >= 11 is 0. The Kier molecular flexibility index (Phi) is 8.14. The van der Waals surface area contributed by atoms with Crippen molar-refractivity contribution in [1.29, 1.82) is 0 Å². The summed E-state index contributed by atoms with van der Waals surface area (Å²) < 4.78 is 54.2. The monoisotopic (exact) mass is 316 g/mol. The zero-order valence-electron chi connectivity index (χ0n) is 11.0. The fraction of sp³-hybridized carbons (Fsp3) is 0.889. The van der Waals surface area contributed by atoms with E-state index in [1.165, 1.54) is 7.11 Å². The van der Waals surface area contributed by atoms with Crippen LogP contribution in [0.4, 0.5) is 0 Å². The van der Waals surface area contributed by atoms with E-state index in [1.54, 1.807) is 6.92 Å². The number of ether oxygens (including phenoxy) is 1. The third-order valence-electron chi connectivity index (χ3n) is 2.08. The van der Waals surface area contributed by atoms with Gasteiger partial charge in [0.25, 0.3) is 0 Å². The highest BCUT2D eigenvalue weighted by Crippen LogP contribution is 1.96. The first-order valence-corrected chi connectivity index (χ1v) is 9.04. The molecule has 0 radical (unpaired) electrons. The van der Waals surface area contributed by atoms with Crippen LogP contribution in [0.2, 0.25) is 0 Å². The van der Waals surface area contributed by atoms with Crippen LogP contribution in [0.1, 0.15) is 19.8 Å². The van der Waals surface area contributed by atoms with Crippen molar-refractivity contribution in [3.05, 3.63) is 0 Å². The van der Waals surface area contributed by atoms with Gasteiger partial charge in [-0.3, -0.25) is 4.79 Å². The fourth-order valence-corrected chi connectivity index (χ4v) is 3.37. The second-order valence-electron chi connectivity index (χ2n) is 3.71. The molecule has 0 aromatic heterocycles. The molecule has 0 amide bonds. The minimum Gasteiger partial charge on any atom is -0.469 e. The molecule has 0 heterocycles. The molecule has 0 aliphatic rings. The Hall–Kier alpha value is -0.710. The molecule has 0 bridgehead atoms. The van der Waals surface area contributed by atoms with Gasteiger partial charge in [0.1, 0.15) is 0 Å². The molecule has 0 fully saturated rings. The van der Waals surface area contributed by atoms with E-state index < -0.39 is 26.0 Å². The lowest BCUT2D eigenvalue weighted by atomic mass is 10.3. The lowest BCUT2D eigenvalue weighted by Crippen LogP contribution is -2.35. The molecule has 0 saturated carbocycles. The summed E-state index contributed by atoms with van der Waals surface area (Å²) in [6, 6.07) is 0. The standard InChI is InChI=1S/C9H20N2O6S2/c1-3-10-19(15,16)8-6-11-18(13,14)7-4-5-9(12)17-2/h10-11H,3-8H2,1-2H3. The summed E-state index contributed by atoms with van der Waals surface area (Å²) in [5.41, 5.74) is 0. The molecule has 0 atom stereocenters. The highest BCUT2D eigenvalue weighted by Gasteiger charge is 2.14. The molecule has 0 saturated heterocycles. The minimum absolute atomic E-state index is 0.00704. The zero-order valence-corrected chi connectivity index (χ0v) is 12.6. The highest BCUT2D eigenvalue weighted by atomic mass is 32.2. The summed E-state index contributed by atoms with van der Waals surface area (Å²) in [7, 11) is -5.79. The number of nitrogens with one attached hydrogen (secondary N) is 2. The van der Waals surface area contributed by atoms with Crippen molar-refractivity contribution in [3.8, 4) is 0 Å². The van der Waals surface area contributed by atoms with Crippen molar-refractivity contribution < 1.29 is 26.4 Å². The van der Waals surface area contributed by atoms with Gasteiger partial charge in [-0.1, -0.05) is 6.92 Å². The van der Waals surface area contributed by atoms with Crippen LogP contribution in [-0.2, 0) is 29.6 Å². The summed E-state index contributed by atoms with van der Waals surface area (Å²) in [4.78, 5) is 10.8. The van der Waals surface area contributed by atoms with Gasteiger partial charge in [-0.2, -0.15) is 0 Å². The van der Waals surface area contributed by atoms with Crippen LogP contribution in [-0.4, -0.2) is 54.5 Å². The van der Waals surface area contributed by atoms with E-state index in [4.69, 9.17) is 0 Å². The third-order valence-corrected chi connectivity index (χ3v) is 5.02. The molecule has 0 rings (SSSR count). The van der Waals surface area contributed by atoms with Crippen molar-refractivity contribution >= 4 is 26.0 Å². The summed E-state index contributed by atoms with van der Waals surface area (Å²) in [6.45, 7) is 1.69. The van der Waals surface area contributed by atoms with Gasteiger partial charge in [0.15, 0.2) is 0 Å². The van der Waals surface area contributed by atoms with E-state index in [0.717, 1.165) is 0 Å². The maximum Gasteiger partial charge on any atom is 0.305 e. The van der Waals surface area contributed by atoms with Gasteiger partial charge in [-0.05, 0) is 6.42 Å². The van der Waals surface area contributed by atoms with E-state index in [9.17, 15) is 21.6 Å². The molecule has 0 aliphatic heterocycles. The number of hydrogen-bond donors (Lipinski definition) is 2. The predicted molar refractivity (Wildman–Crippen MR) is 70.5 cm³/mol. The molecule has 8 nitrogen and oxygen atoms in total. The van der Waals surface area contributed by atoms with Crippen LogP contribution < -0.4 is 9.44 Å². The average molecular weight is 316 g/mol. The molecular weight excluding hydrogens is 296 g/mol. The molecular formula is C9H20N2O6S2. The number of rotatable bonds is 10. The van der Waals surface area contributed by atoms with Crippen molar-refractivity contribution in [2.24, 2.45) is 0 Å². The third kappa shape index (κ3) is 9.82. The Morgan fingerprint density at radius 1 is 1.05 bits per heavy atom. The molecule has 0 aliphatic carbocycles. The normalized spacial score (nSPS) is 12.3. The maximum atomic E-state index is 11.5. The number of methoxy groups -OCH3 is 1. The first-order chi connectivity index (χ1) is 8.72. The van der Waals surface area contributed by atoms with Crippen LogP contribution in [0.15, 0.2) is 0 Å². The van der Waals surface area contributed by atoms with Crippen molar-refractivity contribution in [2.75, 3.05) is 31.7 Å². The quantitative estimate of drug-likeness (QED) is 0.489. The maximum absolute atomic E-state index is 11.5. The molecule has 10 heteroatoms. The topological polar surface area (TPSA) is 119 Å². The predicted octanol–water partition coefficient (Wildman–Crippen LogP) is -1.20. The molecule has 0 unspecified atom stereocenters. The van der Waals surface area contributed by atoms with Crippen LogP contribution in [0.25, 0.3) is 0 Å². The Morgan fingerprint density at radius 3 is 2.16 bits per heavy atom. The number of carbonyl (C=O) groups excluding carboxylic acids is 1. The fourth-order valence-electron chi connectivity index (χ4n) is 1.20. The van der Waals surface area contributed by atoms with E-state index in [-0.39, 0.29) is 37.4 Å². The first kappa shape index (κ1) is 18.3. The van der Waals surface area contributed by atoms with Crippen LogP contribution in [0.3, 0.4) is 0 Å². The Balaban J connectivity index is 4.01. The molecule has 19 heavy (non-hydrogen) atoms. The second kappa shape index (κ2) is 8.46. The van der Waals surface area contributed by atoms with E-state index in [2.05, 4.69) is 14.2 Å². The molecule has 2 N–H and O–H groups in total.